The molecule has 2 unspecified atom stereocenters. The van der Waals surface area contributed by atoms with Gasteiger partial charge in [0.15, 0.2) is 0 Å². The number of urea groups is 1. The summed E-state index contributed by atoms with van der Waals surface area (Å²) < 4.78 is 13.7. The fourth-order valence-electron chi connectivity index (χ4n) is 4.12. The van der Waals surface area contributed by atoms with Crippen LogP contribution in [0.15, 0.2) is 18.2 Å². The number of nitrogens with one attached hydrogen (secondary N) is 2. The average Bonchev–Trinajstić information content (AvgIpc) is 2.71. The van der Waals surface area contributed by atoms with E-state index in [4.69, 9.17) is 0 Å². The molecule has 1 saturated heterocycles. The highest BCUT2D eigenvalue weighted by Crippen LogP contribution is 2.23. The van der Waals surface area contributed by atoms with Crippen molar-refractivity contribution in [1.82, 2.24) is 20.4 Å². The van der Waals surface area contributed by atoms with Gasteiger partial charge >= 0.3 is 6.03 Å². The first kappa shape index (κ1) is 22.2. The van der Waals surface area contributed by atoms with Gasteiger partial charge in [0.05, 0.1) is 6.54 Å². The van der Waals surface area contributed by atoms with Crippen LogP contribution in [0.5, 0.6) is 0 Å². The molecule has 30 heavy (non-hydrogen) atoms. The fourth-order valence-corrected chi connectivity index (χ4v) is 4.12. The molecule has 4 amide bonds. The van der Waals surface area contributed by atoms with E-state index in [9.17, 15) is 18.8 Å². The molecule has 0 radical (unpaired) electrons. The fraction of sp³-hybridized carbons (Fsp3) is 0.591. The molecule has 1 aliphatic heterocycles. The second kappa shape index (κ2) is 10.0. The largest absolute Gasteiger partial charge is 0.336 e. The molecule has 7 nitrogen and oxygen atoms in total. The van der Waals surface area contributed by atoms with Crippen LogP contribution in [0.25, 0.3) is 0 Å². The summed E-state index contributed by atoms with van der Waals surface area (Å²) in [6.45, 7) is 5.83. The molecule has 2 atom stereocenters. The van der Waals surface area contributed by atoms with Crippen molar-refractivity contribution in [3.63, 3.8) is 0 Å². The molecule has 8 heteroatoms. The van der Waals surface area contributed by atoms with Gasteiger partial charge in [-0.3, -0.25) is 19.8 Å². The molecule has 2 N–H and O–H groups in total. The molecule has 0 bridgehead atoms. The van der Waals surface area contributed by atoms with Gasteiger partial charge in [0.1, 0.15) is 5.82 Å². The van der Waals surface area contributed by atoms with Gasteiger partial charge in [-0.25, -0.2) is 9.18 Å². The molecular weight excluding hydrogens is 387 g/mol. The number of rotatable bonds is 4. The minimum Gasteiger partial charge on any atom is -0.336 e. The van der Waals surface area contributed by atoms with Crippen LogP contribution >= 0.6 is 0 Å². The molecule has 164 valence electrons. The second-order valence-electron chi connectivity index (χ2n) is 8.42. The molecule has 1 aliphatic carbocycles. The smallest absolute Gasteiger partial charge is 0.321 e. The number of carbonyl (C=O) groups is 3. The second-order valence-corrected chi connectivity index (χ2v) is 8.42. The van der Waals surface area contributed by atoms with Crippen LogP contribution in [0.1, 0.15) is 48.5 Å². The van der Waals surface area contributed by atoms with Gasteiger partial charge in [0.25, 0.3) is 5.91 Å². The van der Waals surface area contributed by atoms with Crippen molar-refractivity contribution in [2.45, 2.75) is 45.6 Å². The lowest BCUT2D eigenvalue weighted by Gasteiger charge is -2.34. The standard InChI is InChI=1S/C22H31FN4O3/c1-15-7-8-17(13-18(15)23)21(29)27-11-9-26(10-12-27)14-20(28)25-22(30)24-19-6-4-3-5-16(19)2/h7-8,13,16,19H,3-6,9-12,14H2,1-2H3,(H2,24,25,28,30). The Balaban J connectivity index is 1.41. The molecule has 0 aromatic heterocycles. The van der Waals surface area contributed by atoms with Gasteiger partial charge in [-0.15, -0.1) is 0 Å². The zero-order valence-electron chi connectivity index (χ0n) is 17.7. The molecule has 1 heterocycles. The highest BCUT2D eigenvalue weighted by atomic mass is 19.1. The number of amides is 4. The van der Waals surface area contributed by atoms with E-state index < -0.39 is 11.8 Å². The zero-order chi connectivity index (χ0) is 21.7. The van der Waals surface area contributed by atoms with Crippen molar-refractivity contribution in [1.29, 1.82) is 0 Å². The van der Waals surface area contributed by atoms with Gasteiger partial charge in [-0.05, 0) is 43.4 Å². The minimum absolute atomic E-state index is 0.106. The van der Waals surface area contributed by atoms with Gasteiger partial charge in [-0.2, -0.15) is 0 Å². The maximum absolute atomic E-state index is 13.7. The number of hydrogen-bond donors (Lipinski definition) is 2. The Labute approximate surface area is 177 Å². The normalized spacial score (nSPS) is 22.4. The molecule has 0 spiro atoms. The van der Waals surface area contributed by atoms with E-state index in [0.717, 1.165) is 19.3 Å². The summed E-state index contributed by atoms with van der Waals surface area (Å²) in [5.41, 5.74) is 0.835. The predicted molar refractivity (Wildman–Crippen MR) is 112 cm³/mol. The molecule has 2 aliphatic rings. The summed E-state index contributed by atoms with van der Waals surface area (Å²) in [7, 11) is 0. The Morgan fingerprint density at radius 1 is 1.10 bits per heavy atom. The number of piperazine rings is 1. The predicted octanol–water partition coefficient (Wildman–Crippen LogP) is 2.30. The summed E-state index contributed by atoms with van der Waals surface area (Å²) in [5, 5.41) is 5.33. The topological polar surface area (TPSA) is 81.8 Å². The van der Waals surface area contributed by atoms with E-state index in [-0.39, 0.29) is 24.4 Å². The average molecular weight is 419 g/mol. The highest BCUT2D eigenvalue weighted by molar-refractivity contribution is 5.95. The van der Waals surface area contributed by atoms with Crippen LogP contribution in [0, 0.1) is 18.7 Å². The first-order valence-corrected chi connectivity index (χ1v) is 10.7. The van der Waals surface area contributed by atoms with Crippen LogP contribution in [0.3, 0.4) is 0 Å². The maximum atomic E-state index is 13.7. The Morgan fingerprint density at radius 3 is 2.47 bits per heavy atom. The van der Waals surface area contributed by atoms with E-state index in [1.165, 1.54) is 12.5 Å². The first-order chi connectivity index (χ1) is 14.3. The van der Waals surface area contributed by atoms with E-state index in [0.29, 0.717) is 43.2 Å². The number of nitrogens with zero attached hydrogens (tertiary/aromatic N) is 2. The Kier molecular flexibility index (Phi) is 7.42. The van der Waals surface area contributed by atoms with Crippen molar-refractivity contribution in [2.24, 2.45) is 5.92 Å². The van der Waals surface area contributed by atoms with Gasteiger partial charge < -0.3 is 10.2 Å². The first-order valence-electron chi connectivity index (χ1n) is 10.7. The van der Waals surface area contributed by atoms with Crippen molar-refractivity contribution in [3.8, 4) is 0 Å². The third-order valence-electron chi connectivity index (χ3n) is 6.13. The number of benzene rings is 1. The third-order valence-corrected chi connectivity index (χ3v) is 6.13. The van der Waals surface area contributed by atoms with Crippen LogP contribution in [-0.4, -0.2) is 66.4 Å². The van der Waals surface area contributed by atoms with Crippen LogP contribution in [-0.2, 0) is 4.79 Å². The summed E-state index contributed by atoms with van der Waals surface area (Å²) >= 11 is 0. The molecular formula is C22H31FN4O3. The molecule has 3 rings (SSSR count). The summed E-state index contributed by atoms with van der Waals surface area (Å²) in [6, 6.07) is 4.18. The van der Waals surface area contributed by atoms with Crippen molar-refractivity contribution in [2.75, 3.05) is 32.7 Å². The zero-order valence-corrected chi connectivity index (χ0v) is 17.7. The van der Waals surface area contributed by atoms with E-state index in [1.807, 2.05) is 4.90 Å². The quantitative estimate of drug-likeness (QED) is 0.786. The summed E-state index contributed by atoms with van der Waals surface area (Å²) in [5.74, 6) is -0.528. The number of hydrogen-bond acceptors (Lipinski definition) is 4. The van der Waals surface area contributed by atoms with E-state index >= 15 is 0 Å². The minimum atomic E-state index is -0.436. The molecule has 1 aromatic rings. The Bertz CT molecular complexity index is 793. The number of aryl methyl sites for hydroxylation is 1. The van der Waals surface area contributed by atoms with Crippen molar-refractivity contribution >= 4 is 17.8 Å². The SMILES string of the molecule is Cc1ccc(C(=O)N2CCN(CC(=O)NC(=O)NC3CCCCC3C)CC2)cc1F. The van der Waals surface area contributed by atoms with Crippen molar-refractivity contribution in [3.05, 3.63) is 35.1 Å². The Hall–Kier alpha value is -2.48. The molecule has 2 fully saturated rings. The van der Waals surface area contributed by atoms with Gasteiger partial charge in [0, 0.05) is 37.8 Å². The third kappa shape index (κ3) is 5.78. The van der Waals surface area contributed by atoms with E-state index in [1.54, 1.807) is 24.0 Å². The van der Waals surface area contributed by atoms with Gasteiger partial charge in [0.2, 0.25) is 5.91 Å². The molecule has 1 saturated carbocycles. The lowest BCUT2D eigenvalue weighted by atomic mass is 9.86. The monoisotopic (exact) mass is 418 g/mol. The van der Waals surface area contributed by atoms with Crippen LogP contribution in [0.4, 0.5) is 9.18 Å². The summed E-state index contributed by atoms with van der Waals surface area (Å²) in [4.78, 5) is 40.5. The van der Waals surface area contributed by atoms with Crippen LogP contribution in [0.2, 0.25) is 0 Å². The number of carbonyl (C=O) groups excluding carboxylic acids is 3. The number of halogens is 1. The highest BCUT2D eigenvalue weighted by Gasteiger charge is 2.26. The van der Waals surface area contributed by atoms with E-state index in [2.05, 4.69) is 17.6 Å². The Morgan fingerprint density at radius 2 is 1.80 bits per heavy atom. The maximum Gasteiger partial charge on any atom is 0.321 e. The molecule has 1 aromatic carbocycles. The lowest BCUT2D eigenvalue weighted by molar-refractivity contribution is -0.121. The lowest BCUT2D eigenvalue weighted by Crippen LogP contribution is -2.53. The van der Waals surface area contributed by atoms with Crippen molar-refractivity contribution < 1.29 is 18.8 Å². The number of imide groups is 1. The summed E-state index contributed by atoms with van der Waals surface area (Å²) in [6.07, 6.45) is 4.33. The van der Waals surface area contributed by atoms with Crippen LogP contribution < -0.4 is 10.6 Å². The van der Waals surface area contributed by atoms with Gasteiger partial charge in [-0.1, -0.05) is 25.8 Å².